The maximum atomic E-state index is 13.2. The van der Waals surface area contributed by atoms with E-state index in [0.717, 1.165) is 33.2 Å². The number of anilines is 1. The van der Waals surface area contributed by atoms with Gasteiger partial charge in [0.2, 0.25) is 5.91 Å². The number of fused-ring (bicyclic) bond motifs is 1. The van der Waals surface area contributed by atoms with Crippen LogP contribution in [0.4, 0.5) is 5.69 Å². The van der Waals surface area contributed by atoms with E-state index < -0.39 is 0 Å². The first-order chi connectivity index (χ1) is 16.1. The summed E-state index contributed by atoms with van der Waals surface area (Å²) in [6.45, 7) is 2.32. The molecule has 1 aliphatic heterocycles. The summed E-state index contributed by atoms with van der Waals surface area (Å²) >= 11 is 5.35. The van der Waals surface area contributed by atoms with Crippen molar-refractivity contribution in [3.8, 4) is 11.1 Å². The molecule has 0 unspecified atom stereocenters. The molecule has 3 heterocycles. The third kappa shape index (κ3) is 4.88. The zero-order chi connectivity index (χ0) is 22.8. The van der Waals surface area contributed by atoms with Gasteiger partial charge in [0, 0.05) is 41.1 Å². The lowest BCUT2D eigenvalue weighted by Gasteiger charge is -2.11. The third-order valence-electron chi connectivity index (χ3n) is 5.57. The molecule has 0 bridgehead atoms. The minimum atomic E-state index is -0.116. The normalized spacial score (nSPS) is 14.1. The van der Waals surface area contributed by atoms with Crippen LogP contribution in [0.3, 0.4) is 0 Å². The highest BCUT2D eigenvalue weighted by atomic mass is 32.2. The molecule has 168 valence electrons. The van der Waals surface area contributed by atoms with Crippen LogP contribution in [0.2, 0.25) is 0 Å². The molecule has 0 atom stereocenters. The molecule has 2 aromatic carbocycles. The zero-order valence-electron chi connectivity index (χ0n) is 18.1. The maximum Gasteiger partial charge on any atom is 0.262 e. The van der Waals surface area contributed by atoms with Crippen LogP contribution in [0.5, 0.6) is 0 Å². The summed E-state index contributed by atoms with van der Waals surface area (Å²) in [6.07, 6.45) is 1.75. The van der Waals surface area contributed by atoms with Crippen molar-refractivity contribution in [2.75, 3.05) is 16.8 Å². The number of carbonyl (C=O) groups excluding carboxylic acids is 1. The molecule has 1 saturated heterocycles. The lowest BCUT2D eigenvalue weighted by Crippen LogP contribution is -2.23. The van der Waals surface area contributed by atoms with Crippen LogP contribution in [0.25, 0.3) is 21.3 Å². The lowest BCUT2D eigenvalue weighted by molar-refractivity contribution is -0.116. The maximum absolute atomic E-state index is 13.2. The molecule has 5 nitrogen and oxygen atoms in total. The Morgan fingerprint density at radius 3 is 2.73 bits per heavy atom. The minimum absolute atomic E-state index is 0.109. The molecule has 1 amide bonds. The first-order valence-electron chi connectivity index (χ1n) is 10.8. The van der Waals surface area contributed by atoms with Crippen LogP contribution in [-0.2, 0) is 11.3 Å². The number of thiophene rings is 1. The Morgan fingerprint density at radius 1 is 1.15 bits per heavy atom. The molecule has 0 spiro atoms. The summed E-state index contributed by atoms with van der Waals surface area (Å²) in [5.41, 5.74) is 4.98. The van der Waals surface area contributed by atoms with Crippen molar-refractivity contribution in [1.82, 2.24) is 9.55 Å². The Morgan fingerprint density at radius 2 is 1.94 bits per heavy atom. The van der Waals surface area contributed by atoms with Crippen molar-refractivity contribution in [1.29, 1.82) is 0 Å². The van der Waals surface area contributed by atoms with Gasteiger partial charge >= 0.3 is 0 Å². The van der Waals surface area contributed by atoms with Crippen LogP contribution in [0, 0.1) is 6.92 Å². The van der Waals surface area contributed by atoms with Gasteiger partial charge in [0.05, 0.1) is 16.3 Å². The first-order valence-corrected chi connectivity index (χ1v) is 13.7. The van der Waals surface area contributed by atoms with E-state index in [1.807, 2.05) is 78.3 Å². The average Bonchev–Trinajstić information content (AvgIpc) is 3.50. The Labute approximate surface area is 204 Å². The number of nitrogens with one attached hydrogen (secondary N) is 1. The van der Waals surface area contributed by atoms with E-state index in [9.17, 15) is 9.59 Å². The quantitative estimate of drug-likeness (QED) is 0.360. The van der Waals surface area contributed by atoms with E-state index in [2.05, 4.69) is 16.4 Å². The number of amides is 1. The molecule has 1 N–H and O–H groups in total. The summed E-state index contributed by atoms with van der Waals surface area (Å²) in [6, 6.07) is 16.2. The van der Waals surface area contributed by atoms with Crippen LogP contribution in [-0.4, -0.2) is 27.0 Å². The van der Waals surface area contributed by atoms with Crippen molar-refractivity contribution in [3.63, 3.8) is 0 Å². The van der Waals surface area contributed by atoms with Gasteiger partial charge in [-0.3, -0.25) is 14.2 Å². The van der Waals surface area contributed by atoms with Crippen LogP contribution in [0.15, 0.2) is 65.0 Å². The minimum Gasteiger partial charge on any atom is -0.326 e. The topological polar surface area (TPSA) is 64.0 Å². The number of rotatable bonds is 6. The van der Waals surface area contributed by atoms with Gasteiger partial charge in [-0.15, -0.1) is 34.9 Å². The molecule has 5 rings (SSSR count). The molecular formula is C25H23N3O2S3. The van der Waals surface area contributed by atoms with Crippen molar-refractivity contribution in [3.05, 3.63) is 81.7 Å². The summed E-state index contributed by atoms with van der Waals surface area (Å²) in [5.74, 6) is 2.21. The molecule has 2 aromatic heterocycles. The second-order valence-electron chi connectivity index (χ2n) is 7.94. The number of thioether (sulfide) groups is 2. The number of aryl methyl sites for hydroxylation is 2. The summed E-state index contributed by atoms with van der Waals surface area (Å²) in [5, 5.41) is 5.58. The average molecular weight is 494 g/mol. The van der Waals surface area contributed by atoms with E-state index >= 15 is 0 Å². The number of hydrogen-bond donors (Lipinski definition) is 1. The predicted octanol–water partition coefficient (Wildman–Crippen LogP) is 5.94. The number of hydrogen-bond acceptors (Lipinski definition) is 6. The first kappa shape index (κ1) is 22.3. The lowest BCUT2D eigenvalue weighted by atomic mass is 10.1. The molecule has 8 heteroatoms. The Bertz CT molecular complexity index is 1360. The molecule has 0 radical (unpaired) electrons. The Hall–Kier alpha value is -2.55. The smallest absolute Gasteiger partial charge is 0.262 e. The van der Waals surface area contributed by atoms with Crippen molar-refractivity contribution < 1.29 is 4.79 Å². The van der Waals surface area contributed by atoms with Crippen molar-refractivity contribution in [2.24, 2.45) is 0 Å². The number of benzene rings is 2. The van der Waals surface area contributed by atoms with E-state index in [1.165, 1.54) is 27.0 Å². The van der Waals surface area contributed by atoms with Gasteiger partial charge in [0.25, 0.3) is 5.56 Å². The van der Waals surface area contributed by atoms with E-state index in [0.29, 0.717) is 9.97 Å². The standard InChI is InChI=1S/C25H23N3O2S3/c1-16-5-7-17(8-6-16)20-14-33-23-22(20)24(30)28(15-26-23)10-9-21(29)27-19-4-2-3-18(13-19)25-31-11-12-32-25/h2-8,13-15,25H,9-12H2,1H3,(H,27,29). The SMILES string of the molecule is Cc1ccc(-c2csc3ncn(CCC(=O)Nc4cccc(C5SCCS5)c4)c(=O)c23)cc1. The molecule has 1 fully saturated rings. The fraction of sp³-hybridized carbons (Fsp3) is 0.240. The zero-order valence-corrected chi connectivity index (χ0v) is 20.6. The van der Waals surface area contributed by atoms with Gasteiger partial charge in [0.15, 0.2) is 0 Å². The van der Waals surface area contributed by atoms with Gasteiger partial charge in [0.1, 0.15) is 4.83 Å². The highest BCUT2D eigenvalue weighted by molar-refractivity contribution is 8.19. The highest BCUT2D eigenvalue weighted by Gasteiger charge is 2.19. The number of carbonyl (C=O) groups is 1. The van der Waals surface area contributed by atoms with Gasteiger partial charge < -0.3 is 5.32 Å². The molecule has 0 saturated carbocycles. The van der Waals surface area contributed by atoms with E-state index in [1.54, 1.807) is 6.33 Å². The molecule has 33 heavy (non-hydrogen) atoms. The second-order valence-corrected chi connectivity index (χ2v) is 11.5. The number of aromatic nitrogens is 2. The van der Waals surface area contributed by atoms with Gasteiger partial charge in [-0.25, -0.2) is 4.98 Å². The summed E-state index contributed by atoms with van der Waals surface area (Å²) in [4.78, 5) is 31.0. The van der Waals surface area contributed by atoms with Gasteiger partial charge in [-0.1, -0.05) is 42.0 Å². The van der Waals surface area contributed by atoms with Crippen molar-refractivity contribution >= 4 is 56.7 Å². The monoisotopic (exact) mass is 493 g/mol. The number of nitrogens with zero attached hydrogens (tertiary/aromatic N) is 2. The summed E-state index contributed by atoms with van der Waals surface area (Å²) in [7, 11) is 0. The van der Waals surface area contributed by atoms with Crippen molar-refractivity contribution in [2.45, 2.75) is 24.5 Å². The fourth-order valence-corrected chi connectivity index (χ4v) is 7.58. The van der Waals surface area contributed by atoms with E-state index in [4.69, 9.17) is 0 Å². The molecule has 4 aromatic rings. The van der Waals surface area contributed by atoms with Crippen LogP contribution >= 0.6 is 34.9 Å². The van der Waals surface area contributed by atoms with Crippen LogP contribution in [0.1, 0.15) is 22.1 Å². The Kier molecular flexibility index (Phi) is 6.57. The highest BCUT2D eigenvalue weighted by Crippen LogP contribution is 2.45. The largest absolute Gasteiger partial charge is 0.326 e. The summed E-state index contributed by atoms with van der Waals surface area (Å²) < 4.78 is 1.97. The predicted molar refractivity (Wildman–Crippen MR) is 141 cm³/mol. The molecular weight excluding hydrogens is 470 g/mol. The molecule has 1 aliphatic rings. The molecule has 0 aliphatic carbocycles. The van der Waals surface area contributed by atoms with Crippen LogP contribution < -0.4 is 10.9 Å². The van der Waals surface area contributed by atoms with Gasteiger partial charge in [-0.05, 0) is 30.2 Å². The van der Waals surface area contributed by atoms with Gasteiger partial charge in [-0.2, -0.15) is 0 Å². The third-order valence-corrected chi connectivity index (χ3v) is 9.56. The Balaban J connectivity index is 1.30. The second kappa shape index (κ2) is 9.75. The fourth-order valence-electron chi connectivity index (χ4n) is 3.83. The van der Waals surface area contributed by atoms with E-state index in [-0.39, 0.29) is 24.4 Å².